The summed E-state index contributed by atoms with van der Waals surface area (Å²) >= 11 is 0. The van der Waals surface area contributed by atoms with Crippen molar-refractivity contribution < 1.29 is 67.3 Å². The molecule has 0 amide bonds. The van der Waals surface area contributed by atoms with E-state index in [2.05, 4.69) is 26.2 Å². The number of likely N-dealkylation sites (tertiary alicyclic amines) is 1. The topological polar surface area (TPSA) is 42.9 Å². The average molecular weight is 526 g/mol. The first-order valence-electron chi connectivity index (χ1n) is 7.92. The van der Waals surface area contributed by atoms with Gasteiger partial charge in [0, 0.05) is 0 Å². The lowest BCUT2D eigenvalue weighted by Crippen LogP contribution is -3.00. The number of ether oxygens (including phenoxy) is 1. The predicted molar refractivity (Wildman–Crippen MR) is 76.8 cm³/mol. The molecule has 1 aliphatic heterocycles. The minimum atomic E-state index is -0.0256. The Morgan fingerprint density at radius 3 is 2.24 bits per heavy atom. The number of rotatable bonds is 8. The predicted octanol–water partition coefficient (Wildman–Crippen LogP) is -5.08. The van der Waals surface area contributed by atoms with E-state index < -0.39 is 0 Å². The van der Waals surface area contributed by atoms with Crippen LogP contribution in [0.5, 0.6) is 0 Å². The molecule has 0 radical (unpaired) electrons. The monoisotopic (exact) mass is 526 g/mol. The van der Waals surface area contributed by atoms with Crippen LogP contribution in [0.15, 0.2) is 0 Å². The number of carbonyl (C=O) groups is 1. The molecule has 128 valence electrons. The van der Waals surface area contributed by atoms with Gasteiger partial charge >= 0.3 is 5.97 Å². The lowest BCUT2D eigenvalue weighted by Gasteiger charge is -2.36. The molecule has 1 aliphatic rings. The smallest absolute Gasteiger partial charge is 0.361 e. The lowest BCUT2D eigenvalue weighted by molar-refractivity contribution is -0.907. The maximum atomic E-state index is 11.8. The molecule has 0 atom stereocenters. The Kier molecular flexibility index (Phi) is 15.3. The maximum Gasteiger partial charge on any atom is 0.361 e. The van der Waals surface area contributed by atoms with E-state index in [4.69, 9.17) is 4.74 Å². The van der Waals surface area contributed by atoms with Crippen molar-refractivity contribution in [2.45, 2.75) is 52.0 Å². The van der Waals surface area contributed by atoms with Crippen LogP contribution in [0.2, 0.25) is 0 Å². The number of hydrogen-bond acceptors (Lipinski definition) is 2. The second kappa shape index (κ2) is 13.3. The van der Waals surface area contributed by atoms with Crippen LogP contribution in [0.25, 0.3) is 0 Å². The quantitative estimate of drug-likeness (QED) is 0.149. The number of piperidine rings is 1. The number of likely N-dealkylation sites (N-methyl/N-ethyl adjacent to an activating group) is 1. The van der Waals surface area contributed by atoms with Gasteiger partial charge in [-0.3, -0.25) is 0 Å². The molecule has 1 heterocycles. The summed E-state index contributed by atoms with van der Waals surface area (Å²) < 4.78 is 6.23. The van der Waals surface area contributed by atoms with Crippen LogP contribution in [0.1, 0.15) is 46.0 Å². The standard InChI is InChI=1S/C15H31N2O2.2HI/c1-4-14(5-2)16-9-12-19-15(18)13-17(3)10-7-6-8-11-17;;/h14,16H,4-13H2,1-3H3;2*1H/q+1;;/p-1. The highest BCUT2D eigenvalue weighted by Crippen LogP contribution is 2.15. The third-order valence-corrected chi connectivity index (χ3v) is 4.34. The van der Waals surface area contributed by atoms with Crippen molar-refractivity contribution in [2.24, 2.45) is 0 Å². The number of nitrogens with two attached hydrogens (primary N) is 1. The third-order valence-electron chi connectivity index (χ3n) is 4.34. The van der Waals surface area contributed by atoms with Crippen LogP contribution in [-0.2, 0) is 9.53 Å². The summed E-state index contributed by atoms with van der Waals surface area (Å²) in [6.45, 7) is 8.64. The van der Waals surface area contributed by atoms with Gasteiger partial charge in [0.1, 0.15) is 13.2 Å². The molecule has 0 saturated carbocycles. The highest BCUT2D eigenvalue weighted by Gasteiger charge is 2.28. The lowest BCUT2D eigenvalue weighted by atomic mass is 10.1. The summed E-state index contributed by atoms with van der Waals surface area (Å²) in [5.41, 5.74) is 0. The average Bonchev–Trinajstić information content (AvgIpc) is 2.39. The van der Waals surface area contributed by atoms with Gasteiger partial charge in [0.05, 0.1) is 26.2 Å². The van der Waals surface area contributed by atoms with E-state index >= 15 is 0 Å². The first-order valence-corrected chi connectivity index (χ1v) is 7.92. The molecule has 0 unspecified atom stereocenters. The Bertz CT molecular complexity index is 268. The first kappa shape index (κ1) is 24.1. The summed E-state index contributed by atoms with van der Waals surface area (Å²) in [6, 6.07) is 0.672. The van der Waals surface area contributed by atoms with Gasteiger partial charge in [0.25, 0.3) is 0 Å². The number of quaternary nitrogens is 2. The maximum absolute atomic E-state index is 11.8. The van der Waals surface area contributed by atoms with E-state index in [-0.39, 0.29) is 53.9 Å². The van der Waals surface area contributed by atoms with Crippen LogP contribution in [-0.4, -0.2) is 56.3 Å². The summed E-state index contributed by atoms with van der Waals surface area (Å²) in [7, 11) is 2.18. The number of nitrogens with zero attached hydrogens (tertiary/aromatic N) is 1. The molecule has 0 aromatic rings. The number of carbonyl (C=O) groups excluding carboxylic acids is 1. The summed E-state index contributed by atoms with van der Waals surface area (Å²) in [4.78, 5) is 11.8. The van der Waals surface area contributed by atoms with E-state index in [1.165, 1.54) is 32.1 Å². The fourth-order valence-corrected chi connectivity index (χ4v) is 2.89. The molecule has 0 spiro atoms. The molecule has 0 bridgehead atoms. The Labute approximate surface area is 164 Å². The summed E-state index contributed by atoms with van der Waals surface area (Å²) in [6.07, 6.45) is 6.16. The van der Waals surface area contributed by atoms with Crippen molar-refractivity contribution in [1.82, 2.24) is 0 Å². The van der Waals surface area contributed by atoms with Crippen molar-refractivity contribution >= 4 is 5.97 Å². The summed E-state index contributed by atoms with van der Waals surface area (Å²) in [5, 5.41) is 2.30. The minimum absolute atomic E-state index is 0. The van der Waals surface area contributed by atoms with Gasteiger partial charge in [-0.25, -0.2) is 4.79 Å². The molecule has 1 rings (SSSR count). The fraction of sp³-hybridized carbons (Fsp3) is 0.933. The molecule has 1 saturated heterocycles. The molecule has 2 N–H and O–H groups in total. The van der Waals surface area contributed by atoms with Crippen LogP contribution in [0.3, 0.4) is 0 Å². The molecule has 1 fully saturated rings. The summed E-state index contributed by atoms with van der Waals surface area (Å²) in [5.74, 6) is -0.0256. The second-order valence-corrected chi connectivity index (χ2v) is 6.11. The van der Waals surface area contributed by atoms with Gasteiger partial charge in [-0.1, -0.05) is 13.8 Å². The zero-order chi connectivity index (χ0) is 14.1. The normalized spacial score (nSPS) is 16.8. The van der Waals surface area contributed by atoms with E-state index in [9.17, 15) is 4.79 Å². The Balaban J connectivity index is 0. The van der Waals surface area contributed by atoms with Gasteiger partial charge in [-0.15, -0.1) is 0 Å². The second-order valence-electron chi connectivity index (χ2n) is 6.11. The Hall–Kier alpha value is 0.850. The molecule has 6 heteroatoms. The number of esters is 1. The molecule has 4 nitrogen and oxygen atoms in total. The molecule has 0 aliphatic carbocycles. The Morgan fingerprint density at radius 2 is 1.71 bits per heavy atom. The molecule has 21 heavy (non-hydrogen) atoms. The van der Waals surface area contributed by atoms with Crippen molar-refractivity contribution in [2.75, 3.05) is 39.8 Å². The van der Waals surface area contributed by atoms with Crippen LogP contribution < -0.4 is 53.3 Å². The molecular weight excluding hydrogens is 494 g/mol. The third kappa shape index (κ3) is 10.3. The van der Waals surface area contributed by atoms with E-state index in [0.29, 0.717) is 19.2 Å². The van der Waals surface area contributed by atoms with Crippen LogP contribution in [0.4, 0.5) is 0 Å². The zero-order valence-electron chi connectivity index (χ0n) is 13.7. The van der Waals surface area contributed by atoms with Crippen LogP contribution >= 0.6 is 0 Å². The van der Waals surface area contributed by atoms with Gasteiger partial charge in [-0.05, 0) is 32.1 Å². The van der Waals surface area contributed by atoms with Gasteiger partial charge in [0.2, 0.25) is 0 Å². The highest BCUT2D eigenvalue weighted by atomic mass is 127. The van der Waals surface area contributed by atoms with Crippen molar-refractivity contribution in [3.8, 4) is 0 Å². The van der Waals surface area contributed by atoms with Gasteiger partial charge in [-0.2, -0.15) is 0 Å². The highest BCUT2D eigenvalue weighted by molar-refractivity contribution is 5.70. The number of hydrogen-bond donors (Lipinski definition) is 1. The van der Waals surface area contributed by atoms with E-state index in [0.717, 1.165) is 24.1 Å². The first-order chi connectivity index (χ1) is 9.09. The number of halogens is 2. The van der Waals surface area contributed by atoms with Crippen molar-refractivity contribution in [3.05, 3.63) is 0 Å². The van der Waals surface area contributed by atoms with Crippen LogP contribution in [0, 0.1) is 0 Å². The minimum Gasteiger partial charge on any atom is -1.00 e. The largest absolute Gasteiger partial charge is 1.00 e. The molecule has 0 aromatic carbocycles. The fourth-order valence-electron chi connectivity index (χ4n) is 2.89. The van der Waals surface area contributed by atoms with Crippen molar-refractivity contribution in [3.63, 3.8) is 0 Å². The molecule has 0 aromatic heterocycles. The van der Waals surface area contributed by atoms with E-state index in [1.54, 1.807) is 0 Å². The van der Waals surface area contributed by atoms with E-state index in [1.807, 2.05) is 0 Å². The Morgan fingerprint density at radius 1 is 1.14 bits per heavy atom. The van der Waals surface area contributed by atoms with Gasteiger partial charge in [0.15, 0.2) is 6.54 Å². The SMILES string of the molecule is CCC(CC)[NH2+]CCOC(=O)C[N+]1(C)CCCCC1.[I-].[I-]. The van der Waals surface area contributed by atoms with Crippen molar-refractivity contribution in [1.29, 1.82) is 0 Å². The molecular formula is C15H32I2N2O2. The zero-order valence-corrected chi connectivity index (χ0v) is 18.1. The van der Waals surface area contributed by atoms with Gasteiger partial charge < -0.3 is 62.5 Å².